The predicted octanol–water partition coefficient (Wildman–Crippen LogP) is 2.24. The maximum atomic E-state index is 5.50. The van der Waals surface area contributed by atoms with E-state index in [1.54, 1.807) is 0 Å². The van der Waals surface area contributed by atoms with E-state index in [0.29, 0.717) is 12.0 Å². The van der Waals surface area contributed by atoms with Crippen molar-refractivity contribution in [3.63, 3.8) is 0 Å². The highest BCUT2D eigenvalue weighted by Crippen LogP contribution is 2.38. The lowest BCUT2D eigenvalue weighted by Gasteiger charge is -2.24. The highest BCUT2D eigenvalue weighted by Gasteiger charge is 2.38. The smallest absolute Gasteiger partial charge is 0.243 e. The van der Waals surface area contributed by atoms with Crippen LogP contribution in [0.25, 0.3) is 0 Å². The minimum Gasteiger partial charge on any atom is -0.381 e. The quantitative estimate of drug-likeness (QED) is 0.918. The topological polar surface area (TPSA) is 60.2 Å². The van der Waals surface area contributed by atoms with E-state index >= 15 is 0 Å². The van der Waals surface area contributed by atoms with Crippen molar-refractivity contribution < 1.29 is 9.26 Å². The molecule has 2 saturated heterocycles. The molecule has 5 heteroatoms. The van der Waals surface area contributed by atoms with Gasteiger partial charge in [-0.1, -0.05) is 18.0 Å². The number of fused-ring (bicyclic) bond motifs is 1. The lowest BCUT2D eigenvalue weighted by Crippen LogP contribution is -2.30. The highest BCUT2D eigenvalue weighted by molar-refractivity contribution is 5.02. The van der Waals surface area contributed by atoms with Gasteiger partial charge in [0.15, 0.2) is 5.82 Å². The van der Waals surface area contributed by atoms with E-state index in [4.69, 9.17) is 9.26 Å². The number of hydrogen-bond acceptors (Lipinski definition) is 5. The molecule has 0 amide bonds. The number of ether oxygens (including phenoxy) is 1. The van der Waals surface area contributed by atoms with Gasteiger partial charge in [-0.05, 0) is 37.5 Å². The monoisotopic (exact) mass is 277 g/mol. The molecule has 4 rings (SSSR count). The molecule has 1 saturated carbocycles. The van der Waals surface area contributed by atoms with Gasteiger partial charge in [-0.3, -0.25) is 0 Å². The Morgan fingerprint density at radius 1 is 1.20 bits per heavy atom. The average molecular weight is 277 g/mol. The Bertz CT molecular complexity index is 442. The van der Waals surface area contributed by atoms with Crippen LogP contribution in [-0.4, -0.2) is 29.4 Å². The molecule has 4 unspecified atom stereocenters. The van der Waals surface area contributed by atoms with Crippen molar-refractivity contribution in [1.29, 1.82) is 0 Å². The number of nitrogens with zero attached hydrogens (tertiary/aromatic N) is 2. The molecule has 2 aliphatic heterocycles. The van der Waals surface area contributed by atoms with Crippen molar-refractivity contribution in [2.75, 3.05) is 13.2 Å². The zero-order valence-electron chi connectivity index (χ0n) is 11.9. The van der Waals surface area contributed by atoms with Crippen LogP contribution in [0.15, 0.2) is 4.52 Å². The van der Waals surface area contributed by atoms with Crippen LogP contribution >= 0.6 is 0 Å². The second kappa shape index (κ2) is 5.45. The first kappa shape index (κ1) is 12.8. The molecule has 5 nitrogen and oxygen atoms in total. The molecule has 0 radical (unpaired) electrons. The number of rotatable bonds is 3. The van der Waals surface area contributed by atoms with Crippen LogP contribution < -0.4 is 5.32 Å². The van der Waals surface area contributed by atoms with Crippen LogP contribution in [0.2, 0.25) is 0 Å². The van der Waals surface area contributed by atoms with Crippen LogP contribution in [0, 0.1) is 11.8 Å². The van der Waals surface area contributed by atoms with Crippen molar-refractivity contribution in [3.05, 3.63) is 11.7 Å². The van der Waals surface area contributed by atoms with Crippen LogP contribution in [0.4, 0.5) is 0 Å². The van der Waals surface area contributed by atoms with Crippen molar-refractivity contribution in [1.82, 2.24) is 15.5 Å². The van der Waals surface area contributed by atoms with Crippen molar-refractivity contribution in [2.45, 2.75) is 57.0 Å². The summed E-state index contributed by atoms with van der Waals surface area (Å²) in [4.78, 5) is 4.62. The third-order valence-corrected chi connectivity index (χ3v) is 5.14. The number of aromatic nitrogens is 2. The van der Waals surface area contributed by atoms with E-state index in [2.05, 4.69) is 15.5 Å². The van der Waals surface area contributed by atoms with Crippen molar-refractivity contribution in [2.24, 2.45) is 11.8 Å². The summed E-state index contributed by atoms with van der Waals surface area (Å²) in [6.45, 7) is 1.72. The zero-order chi connectivity index (χ0) is 13.4. The molecule has 1 aliphatic carbocycles. The molecule has 1 aromatic heterocycles. The van der Waals surface area contributed by atoms with Gasteiger partial charge in [-0.2, -0.15) is 4.98 Å². The van der Waals surface area contributed by atoms with Crippen LogP contribution in [0.5, 0.6) is 0 Å². The Balaban J connectivity index is 1.40. The van der Waals surface area contributed by atoms with Crippen molar-refractivity contribution in [3.8, 4) is 0 Å². The first-order valence-corrected chi connectivity index (χ1v) is 8.05. The number of hydrogen-bond donors (Lipinski definition) is 1. The molecule has 20 heavy (non-hydrogen) atoms. The fraction of sp³-hybridized carbons (Fsp3) is 0.867. The van der Waals surface area contributed by atoms with E-state index in [-0.39, 0.29) is 6.04 Å². The second-order valence-electron chi connectivity index (χ2n) is 6.59. The van der Waals surface area contributed by atoms with Gasteiger partial charge in [0.1, 0.15) is 0 Å². The van der Waals surface area contributed by atoms with Gasteiger partial charge in [0.05, 0.1) is 6.04 Å². The van der Waals surface area contributed by atoms with Gasteiger partial charge in [-0.25, -0.2) is 0 Å². The molecule has 4 atom stereocenters. The lowest BCUT2D eigenvalue weighted by molar-refractivity contribution is 0.185. The third-order valence-electron chi connectivity index (χ3n) is 5.14. The molecule has 1 N–H and O–H groups in total. The summed E-state index contributed by atoms with van der Waals surface area (Å²) in [6.07, 6.45) is 8.58. The van der Waals surface area contributed by atoms with Gasteiger partial charge in [0.2, 0.25) is 5.89 Å². The Morgan fingerprint density at radius 3 is 3.00 bits per heavy atom. The van der Waals surface area contributed by atoms with E-state index in [0.717, 1.165) is 43.7 Å². The molecule has 0 aromatic carbocycles. The fourth-order valence-electron chi connectivity index (χ4n) is 4.00. The van der Waals surface area contributed by atoms with Crippen LogP contribution in [-0.2, 0) is 11.2 Å². The van der Waals surface area contributed by atoms with Gasteiger partial charge < -0.3 is 14.6 Å². The van der Waals surface area contributed by atoms with Crippen LogP contribution in [0.3, 0.4) is 0 Å². The summed E-state index contributed by atoms with van der Waals surface area (Å²) in [6, 6.07) is 0.955. The lowest BCUT2D eigenvalue weighted by atomic mass is 9.85. The summed E-state index contributed by atoms with van der Waals surface area (Å²) in [5, 5.41) is 7.86. The van der Waals surface area contributed by atoms with E-state index < -0.39 is 0 Å². The first-order chi connectivity index (χ1) is 9.88. The number of nitrogens with one attached hydrogen (secondary N) is 1. The molecule has 1 aromatic rings. The molecule has 3 fully saturated rings. The molecule has 3 heterocycles. The van der Waals surface area contributed by atoms with Gasteiger partial charge in [-0.15, -0.1) is 0 Å². The standard InChI is InChI=1S/C15H23N3O2/c1-2-4-12-11(3-1)8-13(16-12)15-17-14(18-20-15)7-10-5-6-19-9-10/h10-13,16H,1-9H2. The Kier molecular flexibility index (Phi) is 3.48. The molecule has 0 spiro atoms. The van der Waals surface area contributed by atoms with E-state index in [9.17, 15) is 0 Å². The van der Waals surface area contributed by atoms with Gasteiger partial charge >= 0.3 is 0 Å². The summed E-state index contributed by atoms with van der Waals surface area (Å²) in [5.41, 5.74) is 0. The first-order valence-electron chi connectivity index (χ1n) is 8.05. The SMILES string of the molecule is C1CCC2NC(c3nc(CC4CCOC4)no3)CC2C1. The summed E-state index contributed by atoms with van der Waals surface area (Å²) in [7, 11) is 0. The zero-order valence-corrected chi connectivity index (χ0v) is 11.9. The molecular formula is C15H23N3O2. The average Bonchev–Trinajstić information content (AvgIpc) is 3.18. The highest BCUT2D eigenvalue weighted by atomic mass is 16.5. The third kappa shape index (κ3) is 2.49. The molecular weight excluding hydrogens is 254 g/mol. The summed E-state index contributed by atoms with van der Waals surface area (Å²) >= 11 is 0. The Morgan fingerprint density at radius 2 is 2.15 bits per heavy atom. The minimum absolute atomic E-state index is 0.282. The second-order valence-corrected chi connectivity index (χ2v) is 6.59. The van der Waals surface area contributed by atoms with Crippen LogP contribution in [0.1, 0.15) is 56.3 Å². The van der Waals surface area contributed by atoms with E-state index in [1.165, 1.54) is 32.1 Å². The molecule has 110 valence electrons. The summed E-state index contributed by atoms with van der Waals surface area (Å²) < 4.78 is 10.9. The molecule has 0 bridgehead atoms. The Labute approximate surface area is 119 Å². The maximum absolute atomic E-state index is 5.50. The normalized spacial score (nSPS) is 37.2. The fourth-order valence-corrected chi connectivity index (χ4v) is 4.00. The summed E-state index contributed by atoms with van der Waals surface area (Å²) in [5.74, 6) is 3.03. The minimum atomic E-state index is 0.282. The Hall–Kier alpha value is -0.940. The van der Waals surface area contributed by atoms with Crippen molar-refractivity contribution >= 4 is 0 Å². The van der Waals surface area contributed by atoms with E-state index in [1.807, 2.05) is 0 Å². The molecule has 3 aliphatic rings. The maximum Gasteiger partial charge on any atom is 0.243 e. The van der Waals surface area contributed by atoms with Gasteiger partial charge in [0.25, 0.3) is 0 Å². The largest absolute Gasteiger partial charge is 0.381 e. The van der Waals surface area contributed by atoms with Gasteiger partial charge in [0, 0.05) is 25.7 Å². The predicted molar refractivity (Wildman–Crippen MR) is 73.2 cm³/mol.